The number of fused-ring (bicyclic) bond motifs is 3. The van der Waals surface area contributed by atoms with Gasteiger partial charge in [0.2, 0.25) is 0 Å². The van der Waals surface area contributed by atoms with E-state index in [9.17, 15) is 27.6 Å². The van der Waals surface area contributed by atoms with Gasteiger partial charge in [0, 0.05) is 25.8 Å². The number of benzene rings is 1. The molecule has 3 amide bonds. The molecule has 2 bridgehead atoms. The molecule has 2 atom stereocenters. The van der Waals surface area contributed by atoms with Crippen molar-refractivity contribution in [1.82, 2.24) is 10.4 Å². The van der Waals surface area contributed by atoms with E-state index in [0.717, 1.165) is 17.5 Å². The Morgan fingerprint density at radius 3 is 2.18 bits per heavy atom. The number of hydroxylamine groups is 2. The molecular weight excluding hydrogens is 456 g/mol. The minimum atomic E-state index is -4.18. The average Bonchev–Trinajstić information content (AvgIpc) is 3.07. The van der Waals surface area contributed by atoms with Crippen LogP contribution in [-0.4, -0.2) is 60.8 Å². The lowest BCUT2D eigenvalue weighted by Gasteiger charge is -2.33. The summed E-state index contributed by atoms with van der Waals surface area (Å²) in [6, 6.07) is 8.04. The number of esters is 1. The van der Waals surface area contributed by atoms with Gasteiger partial charge in [-0.15, -0.1) is 5.06 Å². The number of nitrogens with one attached hydrogen (secondary N) is 1. The van der Waals surface area contributed by atoms with Crippen LogP contribution in [0.5, 0.6) is 0 Å². The van der Waals surface area contributed by atoms with E-state index in [1.807, 2.05) is 24.3 Å². The van der Waals surface area contributed by atoms with Crippen molar-refractivity contribution in [2.75, 3.05) is 18.9 Å². The van der Waals surface area contributed by atoms with Gasteiger partial charge in [0.15, 0.2) is 0 Å². The maximum Gasteiger partial charge on any atom is 0.432 e. The number of hydrogen-bond acceptors (Lipinski definition) is 8. The number of ether oxygens (including phenoxy) is 1. The lowest BCUT2D eigenvalue weighted by Crippen LogP contribution is -2.37. The number of rotatable bonds is 11. The van der Waals surface area contributed by atoms with Gasteiger partial charge in [0.05, 0.1) is 0 Å². The van der Waals surface area contributed by atoms with Crippen molar-refractivity contribution >= 4 is 34.0 Å². The molecule has 0 aromatic heterocycles. The summed E-state index contributed by atoms with van der Waals surface area (Å²) in [5, 5.41) is 3.02. The van der Waals surface area contributed by atoms with E-state index >= 15 is 0 Å². The molecule has 12 heteroatoms. The van der Waals surface area contributed by atoms with Crippen molar-refractivity contribution in [3.63, 3.8) is 0 Å². The summed E-state index contributed by atoms with van der Waals surface area (Å²) in [5.41, 5.74) is 2.20. The molecule has 2 unspecified atom stereocenters. The number of hydrogen-bond donors (Lipinski definition) is 2. The fourth-order valence-electron chi connectivity index (χ4n) is 4.08. The second-order valence-electron chi connectivity index (χ2n) is 7.95. The molecule has 1 aromatic rings. The van der Waals surface area contributed by atoms with Crippen molar-refractivity contribution < 1.29 is 41.7 Å². The molecule has 3 aliphatic rings. The van der Waals surface area contributed by atoms with Crippen molar-refractivity contribution in [3.8, 4) is 0 Å². The van der Waals surface area contributed by atoms with Crippen LogP contribution < -0.4 is 5.32 Å². The fraction of sp³-hybridized carbons (Fsp3) is 0.524. The lowest BCUT2D eigenvalue weighted by molar-refractivity contribution is -0.171. The molecule has 33 heavy (non-hydrogen) atoms. The molecule has 1 aliphatic heterocycles. The van der Waals surface area contributed by atoms with Gasteiger partial charge >= 0.3 is 12.1 Å². The van der Waals surface area contributed by atoms with Crippen molar-refractivity contribution in [2.24, 2.45) is 0 Å². The van der Waals surface area contributed by atoms with Crippen LogP contribution in [0.2, 0.25) is 0 Å². The SMILES string of the molecule is O=C(CCC1c2ccc(cc2)C1CCCNC(=O)ON1C(=O)CCC1=O)OCCS(=O)(=O)O. The zero-order valence-electron chi connectivity index (χ0n) is 17.9. The highest BCUT2D eigenvalue weighted by atomic mass is 32.2. The summed E-state index contributed by atoms with van der Waals surface area (Å²) in [7, 11) is -4.18. The van der Waals surface area contributed by atoms with Crippen LogP contribution in [0.1, 0.15) is 61.5 Å². The molecule has 1 saturated heterocycles. The Morgan fingerprint density at radius 2 is 1.61 bits per heavy atom. The highest BCUT2D eigenvalue weighted by Gasteiger charge is 2.33. The first-order valence-electron chi connectivity index (χ1n) is 10.7. The Kier molecular flexibility index (Phi) is 8.03. The van der Waals surface area contributed by atoms with Gasteiger partial charge in [0.1, 0.15) is 12.4 Å². The van der Waals surface area contributed by atoms with Crippen LogP contribution >= 0.6 is 0 Å². The Hall–Kier alpha value is -2.99. The van der Waals surface area contributed by atoms with Crippen LogP contribution in [0, 0.1) is 0 Å². The smallest absolute Gasteiger partial charge is 0.432 e. The van der Waals surface area contributed by atoms with Crippen LogP contribution in [0.25, 0.3) is 0 Å². The van der Waals surface area contributed by atoms with Crippen molar-refractivity contribution in [2.45, 2.75) is 50.4 Å². The number of amides is 3. The third-order valence-corrected chi connectivity index (χ3v) is 6.37. The van der Waals surface area contributed by atoms with E-state index in [1.165, 1.54) is 0 Å². The molecule has 1 fully saturated rings. The van der Waals surface area contributed by atoms with Crippen LogP contribution in [-0.2, 0) is 34.1 Å². The van der Waals surface area contributed by atoms with Crippen LogP contribution in [0.4, 0.5) is 4.79 Å². The Morgan fingerprint density at radius 1 is 1.03 bits per heavy atom. The highest BCUT2D eigenvalue weighted by Crippen LogP contribution is 2.44. The van der Waals surface area contributed by atoms with Crippen molar-refractivity contribution in [3.05, 3.63) is 35.4 Å². The van der Waals surface area contributed by atoms with Gasteiger partial charge in [-0.3, -0.25) is 18.9 Å². The predicted molar refractivity (Wildman–Crippen MR) is 113 cm³/mol. The van der Waals surface area contributed by atoms with Gasteiger partial charge in [-0.05, 0) is 42.2 Å². The zero-order chi connectivity index (χ0) is 24.0. The second-order valence-corrected chi connectivity index (χ2v) is 9.53. The van der Waals surface area contributed by atoms with E-state index in [-0.39, 0.29) is 37.6 Å². The molecule has 2 N–H and O–H groups in total. The number of imide groups is 1. The van der Waals surface area contributed by atoms with E-state index in [4.69, 9.17) is 14.1 Å². The summed E-state index contributed by atoms with van der Waals surface area (Å²) >= 11 is 0. The standard InChI is InChI=1S/C21H26N2O9S/c24-18-8-9-19(25)23(18)32-21(27)22-11-1-2-16-14-3-5-15(6-4-14)17(16)7-10-20(26)31-12-13-33(28,29)30/h3-6,16-17H,1-2,7-13H2,(H,22,27)(H,28,29,30). The molecule has 0 spiro atoms. The molecule has 0 radical (unpaired) electrons. The molecule has 11 nitrogen and oxygen atoms in total. The molecule has 0 saturated carbocycles. The van der Waals surface area contributed by atoms with Crippen LogP contribution in [0.15, 0.2) is 24.3 Å². The minimum absolute atomic E-state index is 0.0295. The minimum Gasteiger partial charge on any atom is -0.464 e. The van der Waals surface area contributed by atoms with Crippen LogP contribution in [0.3, 0.4) is 0 Å². The number of carbonyl (C=O) groups is 4. The maximum absolute atomic E-state index is 11.9. The summed E-state index contributed by atoms with van der Waals surface area (Å²) in [4.78, 5) is 51.5. The predicted octanol–water partition coefficient (Wildman–Crippen LogP) is 1.65. The molecule has 4 rings (SSSR count). The van der Waals surface area contributed by atoms with E-state index in [0.29, 0.717) is 17.9 Å². The highest BCUT2D eigenvalue weighted by molar-refractivity contribution is 7.85. The van der Waals surface area contributed by atoms with Gasteiger partial charge in [-0.1, -0.05) is 24.3 Å². The van der Waals surface area contributed by atoms with E-state index < -0.39 is 46.4 Å². The molecular formula is C21H26N2O9S. The molecule has 1 aromatic carbocycles. The van der Waals surface area contributed by atoms with E-state index in [1.54, 1.807) is 0 Å². The summed E-state index contributed by atoms with van der Waals surface area (Å²) in [6.07, 6.45) is 1.14. The molecule has 2 aliphatic carbocycles. The average molecular weight is 483 g/mol. The van der Waals surface area contributed by atoms with Crippen molar-refractivity contribution in [1.29, 1.82) is 0 Å². The fourth-order valence-corrected chi connectivity index (χ4v) is 4.38. The van der Waals surface area contributed by atoms with Gasteiger partial charge < -0.3 is 14.9 Å². The third-order valence-electron chi connectivity index (χ3n) is 5.68. The molecule has 1 heterocycles. The number of nitrogens with zero attached hydrogens (tertiary/aromatic N) is 1. The largest absolute Gasteiger partial charge is 0.464 e. The van der Waals surface area contributed by atoms with Gasteiger partial charge in [-0.25, -0.2) is 4.79 Å². The second kappa shape index (κ2) is 10.8. The lowest BCUT2D eigenvalue weighted by atomic mass is 9.72. The normalized spacial score (nSPS) is 19.6. The molecule has 180 valence electrons. The quantitative estimate of drug-likeness (QED) is 0.207. The monoisotopic (exact) mass is 482 g/mol. The number of carbonyl (C=O) groups excluding carboxylic acids is 4. The first kappa shape index (κ1) is 24.6. The first-order valence-corrected chi connectivity index (χ1v) is 12.3. The summed E-state index contributed by atoms with van der Waals surface area (Å²) in [6.45, 7) is -0.109. The zero-order valence-corrected chi connectivity index (χ0v) is 18.7. The summed E-state index contributed by atoms with van der Waals surface area (Å²) < 4.78 is 35.0. The van der Waals surface area contributed by atoms with Gasteiger partial charge in [0.25, 0.3) is 21.9 Å². The third kappa shape index (κ3) is 6.99. The van der Waals surface area contributed by atoms with Gasteiger partial charge in [-0.2, -0.15) is 8.42 Å². The first-order chi connectivity index (χ1) is 15.6. The Labute approximate surface area is 191 Å². The summed E-state index contributed by atoms with van der Waals surface area (Å²) in [5.74, 6) is -2.04. The van der Waals surface area contributed by atoms with E-state index in [2.05, 4.69) is 5.32 Å². The Balaban J connectivity index is 1.43. The maximum atomic E-state index is 11.9. The Bertz CT molecular complexity index is 991. The topological polar surface area (TPSA) is 156 Å².